The molecule has 0 fully saturated rings. The Morgan fingerprint density at radius 3 is 2.39 bits per heavy atom. The number of amides is 3. The van der Waals surface area contributed by atoms with Gasteiger partial charge in [0, 0.05) is 23.5 Å². The number of benzene rings is 3. The lowest BCUT2D eigenvalue weighted by Crippen LogP contribution is -2.41. The van der Waals surface area contributed by atoms with Crippen molar-refractivity contribution < 1.29 is 9.59 Å². The number of nitrogens with one attached hydrogen (secondary N) is 1. The summed E-state index contributed by atoms with van der Waals surface area (Å²) in [5.74, 6) is 0.0995. The predicted molar refractivity (Wildman–Crippen MR) is 124 cm³/mol. The van der Waals surface area contributed by atoms with E-state index in [9.17, 15) is 9.59 Å². The molecule has 31 heavy (non-hydrogen) atoms. The van der Waals surface area contributed by atoms with Gasteiger partial charge in [0.05, 0.1) is 12.5 Å². The molecule has 0 saturated carbocycles. The van der Waals surface area contributed by atoms with Crippen LogP contribution in [0.25, 0.3) is 0 Å². The molecule has 3 aromatic rings. The average molecular weight is 478 g/mol. The number of carbonyl (C=O) groups is 2. The van der Waals surface area contributed by atoms with Crippen LogP contribution in [0.3, 0.4) is 0 Å². The maximum Gasteiger partial charge on any atom is 0.312 e. The molecule has 0 bridgehead atoms. The van der Waals surface area contributed by atoms with Gasteiger partial charge >= 0.3 is 6.03 Å². The van der Waals surface area contributed by atoms with Gasteiger partial charge in [0.2, 0.25) is 5.91 Å². The first-order chi connectivity index (χ1) is 15.0. The van der Waals surface area contributed by atoms with Crippen molar-refractivity contribution in [1.29, 1.82) is 0 Å². The first-order valence-corrected chi connectivity index (χ1v) is 11.0. The van der Waals surface area contributed by atoms with Crippen molar-refractivity contribution in [2.75, 3.05) is 6.54 Å². The fraction of sp³-hybridized carbons (Fsp3) is 0.200. The van der Waals surface area contributed by atoms with E-state index < -0.39 is 12.1 Å². The molecule has 1 aliphatic heterocycles. The molecule has 0 aliphatic carbocycles. The van der Waals surface area contributed by atoms with Gasteiger partial charge in [-0.05, 0) is 34.4 Å². The molecular formula is C25H24BrN3O2. The minimum absolute atomic E-state index is 0.0166. The molecule has 4 rings (SSSR count). The van der Waals surface area contributed by atoms with Gasteiger partial charge in [-0.3, -0.25) is 4.79 Å². The lowest BCUT2D eigenvalue weighted by molar-refractivity contribution is -0.132. The lowest BCUT2D eigenvalue weighted by Gasteiger charge is -2.36. The number of carbonyl (C=O) groups excluding carboxylic acids is 2. The zero-order chi connectivity index (χ0) is 21.8. The van der Waals surface area contributed by atoms with Crippen LogP contribution < -0.4 is 11.1 Å². The van der Waals surface area contributed by atoms with E-state index in [2.05, 4.69) is 45.5 Å². The van der Waals surface area contributed by atoms with Crippen LogP contribution in [0.4, 0.5) is 4.79 Å². The van der Waals surface area contributed by atoms with Gasteiger partial charge in [0.1, 0.15) is 0 Å². The minimum Gasteiger partial charge on any atom is -0.352 e. The summed E-state index contributed by atoms with van der Waals surface area (Å²) in [6.07, 6.45) is 0.147. The minimum atomic E-state index is -0.646. The summed E-state index contributed by atoms with van der Waals surface area (Å²) in [5.41, 5.74) is 9.83. The predicted octanol–water partition coefficient (Wildman–Crippen LogP) is 4.72. The molecule has 0 radical (unpaired) electrons. The number of fused-ring (bicyclic) bond motifs is 1. The maximum atomic E-state index is 13.3. The summed E-state index contributed by atoms with van der Waals surface area (Å²) in [5, 5.41) is 2.72. The summed E-state index contributed by atoms with van der Waals surface area (Å²) in [7, 11) is 0. The molecule has 0 spiro atoms. The van der Waals surface area contributed by atoms with Gasteiger partial charge in [-0.15, -0.1) is 0 Å². The Hall–Kier alpha value is -3.12. The monoisotopic (exact) mass is 477 g/mol. The normalized spacial score (nSPS) is 16.3. The standard InChI is InChI=1S/C25H24BrN3O2/c26-20-12-10-18(11-13-20)23(28-25(27)31)14-24(30)29-15-19-8-4-5-9-21(19)22(16-29)17-6-2-1-3-7-17/h1-13,22-23H,14-16H2,(H3,27,28,31)/t22-,23+/m1/s1. The Morgan fingerprint density at radius 2 is 1.68 bits per heavy atom. The van der Waals surface area contributed by atoms with Crippen LogP contribution in [-0.4, -0.2) is 23.4 Å². The number of nitrogens with zero attached hydrogens (tertiary/aromatic N) is 1. The van der Waals surface area contributed by atoms with E-state index in [1.807, 2.05) is 59.5 Å². The Bertz CT molecular complexity index is 1070. The second kappa shape index (κ2) is 9.35. The Kier molecular flexibility index (Phi) is 6.37. The van der Waals surface area contributed by atoms with E-state index in [0.717, 1.165) is 15.6 Å². The molecule has 0 unspecified atom stereocenters. The van der Waals surface area contributed by atoms with Crippen LogP contribution in [0.1, 0.15) is 40.6 Å². The van der Waals surface area contributed by atoms with Crippen molar-refractivity contribution >= 4 is 27.9 Å². The zero-order valence-electron chi connectivity index (χ0n) is 17.0. The number of primary amides is 1. The smallest absolute Gasteiger partial charge is 0.312 e. The van der Waals surface area contributed by atoms with Crippen molar-refractivity contribution in [3.8, 4) is 0 Å². The molecule has 3 aromatic carbocycles. The first kappa shape index (κ1) is 21.1. The van der Waals surface area contributed by atoms with Gasteiger partial charge in [0.25, 0.3) is 0 Å². The topological polar surface area (TPSA) is 75.4 Å². The van der Waals surface area contributed by atoms with Crippen molar-refractivity contribution in [2.24, 2.45) is 5.73 Å². The van der Waals surface area contributed by atoms with Gasteiger partial charge in [0.15, 0.2) is 0 Å². The van der Waals surface area contributed by atoms with Gasteiger partial charge < -0.3 is 16.0 Å². The molecule has 1 heterocycles. The molecule has 3 N–H and O–H groups in total. The number of nitrogens with two attached hydrogens (primary N) is 1. The summed E-state index contributed by atoms with van der Waals surface area (Å²) in [4.78, 5) is 26.8. The Labute approximate surface area is 190 Å². The van der Waals surface area contributed by atoms with Crippen molar-refractivity contribution in [2.45, 2.75) is 24.9 Å². The molecule has 2 atom stereocenters. The van der Waals surface area contributed by atoms with E-state index in [4.69, 9.17) is 5.73 Å². The third kappa shape index (κ3) is 4.97. The highest BCUT2D eigenvalue weighted by Crippen LogP contribution is 2.34. The molecule has 6 heteroatoms. The lowest BCUT2D eigenvalue weighted by atomic mass is 9.84. The second-order valence-electron chi connectivity index (χ2n) is 7.75. The van der Waals surface area contributed by atoms with Crippen LogP contribution in [0.5, 0.6) is 0 Å². The van der Waals surface area contributed by atoms with Crippen LogP contribution in [-0.2, 0) is 11.3 Å². The van der Waals surface area contributed by atoms with Crippen molar-refractivity contribution in [3.63, 3.8) is 0 Å². The molecule has 1 aliphatic rings. The van der Waals surface area contributed by atoms with E-state index >= 15 is 0 Å². The van der Waals surface area contributed by atoms with E-state index in [1.54, 1.807) is 0 Å². The largest absolute Gasteiger partial charge is 0.352 e. The average Bonchev–Trinajstić information content (AvgIpc) is 2.78. The highest BCUT2D eigenvalue weighted by Gasteiger charge is 2.30. The zero-order valence-corrected chi connectivity index (χ0v) is 18.6. The summed E-state index contributed by atoms with van der Waals surface area (Å²) >= 11 is 3.42. The van der Waals surface area contributed by atoms with Crippen LogP contribution >= 0.6 is 15.9 Å². The summed E-state index contributed by atoms with van der Waals surface area (Å²) < 4.78 is 0.929. The molecule has 0 aromatic heterocycles. The quantitative estimate of drug-likeness (QED) is 0.557. The van der Waals surface area contributed by atoms with E-state index in [-0.39, 0.29) is 18.2 Å². The van der Waals surface area contributed by atoms with Gasteiger partial charge in [-0.1, -0.05) is 82.7 Å². The molecule has 0 saturated heterocycles. The summed E-state index contributed by atoms with van der Waals surface area (Å²) in [6.45, 7) is 1.16. The molecular weight excluding hydrogens is 454 g/mol. The first-order valence-electron chi connectivity index (χ1n) is 10.2. The number of hydrogen-bond donors (Lipinski definition) is 2. The third-order valence-electron chi connectivity index (χ3n) is 5.72. The summed E-state index contributed by atoms with van der Waals surface area (Å²) in [6, 6.07) is 25.0. The molecule has 3 amide bonds. The van der Waals surface area contributed by atoms with Gasteiger partial charge in [-0.25, -0.2) is 4.79 Å². The van der Waals surface area contributed by atoms with Crippen LogP contribution in [0.15, 0.2) is 83.3 Å². The van der Waals surface area contributed by atoms with Crippen molar-refractivity contribution in [3.05, 3.63) is 106 Å². The molecule has 158 valence electrons. The SMILES string of the molecule is NC(=O)N[C@@H](CC(=O)N1Cc2ccccc2[C@@H](c2ccccc2)C1)c1ccc(Br)cc1. The molecule has 5 nitrogen and oxygen atoms in total. The second-order valence-corrected chi connectivity index (χ2v) is 8.67. The fourth-order valence-corrected chi connectivity index (χ4v) is 4.45. The van der Waals surface area contributed by atoms with Crippen LogP contribution in [0, 0.1) is 0 Å². The fourth-order valence-electron chi connectivity index (χ4n) is 4.19. The van der Waals surface area contributed by atoms with Crippen molar-refractivity contribution in [1.82, 2.24) is 10.2 Å². The van der Waals surface area contributed by atoms with E-state index in [0.29, 0.717) is 13.1 Å². The number of rotatable bonds is 5. The Morgan fingerprint density at radius 1 is 1.00 bits per heavy atom. The number of halogens is 1. The third-order valence-corrected chi connectivity index (χ3v) is 6.25. The number of hydrogen-bond acceptors (Lipinski definition) is 2. The maximum absolute atomic E-state index is 13.3. The highest BCUT2D eigenvalue weighted by molar-refractivity contribution is 9.10. The number of urea groups is 1. The Balaban J connectivity index is 1.58. The van der Waals surface area contributed by atoms with E-state index in [1.165, 1.54) is 11.1 Å². The van der Waals surface area contributed by atoms with Gasteiger partial charge in [-0.2, -0.15) is 0 Å². The highest BCUT2D eigenvalue weighted by atomic mass is 79.9. The van der Waals surface area contributed by atoms with Crippen LogP contribution in [0.2, 0.25) is 0 Å².